The molecule has 0 saturated carbocycles. The molecule has 3 heterocycles. The Morgan fingerprint density at radius 2 is 1.96 bits per heavy atom. The van der Waals surface area contributed by atoms with Crippen molar-refractivity contribution < 1.29 is 4.42 Å². The van der Waals surface area contributed by atoms with Crippen LogP contribution in [0, 0.1) is 13.8 Å². The second-order valence-corrected chi connectivity index (χ2v) is 6.37. The Labute approximate surface area is 139 Å². The molecule has 0 atom stereocenters. The Balaban J connectivity index is 1.97. The Bertz CT molecular complexity index is 1130. The van der Waals surface area contributed by atoms with Crippen molar-refractivity contribution in [2.75, 3.05) is 0 Å². The molecule has 0 amide bonds. The summed E-state index contributed by atoms with van der Waals surface area (Å²) in [5, 5.41) is 1.36. The molecule has 0 aliphatic carbocycles. The second-order valence-electron chi connectivity index (χ2n) is 5.45. The zero-order chi connectivity index (χ0) is 16.1. The number of aryl methyl sites for hydroxylation is 2. The minimum atomic E-state index is -0.373. The van der Waals surface area contributed by atoms with Crippen LogP contribution in [0.2, 0.25) is 0 Å². The molecule has 0 aliphatic heterocycles. The van der Waals surface area contributed by atoms with E-state index in [0.717, 1.165) is 26.9 Å². The quantitative estimate of drug-likeness (QED) is 0.510. The Morgan fingerprint density at radius 1 is 1.13 bits per heavy atom. The molecule has 0 radical (unpaired) electrons. The highest BCUT2D eigenvalue weighted by atomic mass is 79.9. The van der Waals surface area contributed by atoms with Crippen molar-refractivity contribution in [3.63, 3.8) is 0 Å². The first-order chi connectivity index (χ1) is 11.0. The van der Waals surface area contributed by atoms with Gasteiger partial charge in [-0.05, 0) is 37.4 Å². The van der Waals surface area contributed by atoms with Crippen LogP contribution in [0.5, 0.6) is 0 Å². The predicted octanol–water partition coefficient (Wildman–Crippen LogP) is 3.88. The maximum atomic E-state index is 12.2. The second kappa shape index (κ2) is 5.03. The first-order valence-electron chi connectivity index (χ1n) is 7.08. The molecule has 3 aromatic heterocycles. The number of hydrogen-bond acceptors (Lipinski definition) is 4. The highest BCUT2D eigenvalue weighted by Gasteiger charge is 2.12. The molecule has 4 rings (SSSR count). The van der Waals surface area contributed by atoms with Crippen LogP contribution in [-0.2, 0) is 0 Å². The summed E-state index contributed by atoms with van der Waals surface area (Å²) in [5.74, 6) is 0.450. The standard InChI is InChI=1S/C17H12BrN3O2/c1-9-7-21-8-14(20-16(21)10(2)19-9)15-5-11-3-4-12(18)6-13(11)17(22)23-15/h3-8H,1-2H3. The molecule has 0 fully saturated rings. The lowest BCUT2D eigenvalue weighted by Gasteiger charge is -2.00. The van der Waals surface area contributed by atoms with Crippen molar-refractivity contribution >= 4 is 32.3 Å². The van der Waals surface area contributed by atoms with Gasteiger partial charge in [0.1, 0.15) is 5.69 Å². The van der Waals surface area contributed by atoms with Crippen molar-refractivity contribution in [2.24, 2.45) is 0 Å². The Hall–Kier alpha value is -2.47. The van der Waals surface area contributed by atoms with Crippen LogP contribution in [0.15, 0.2) is 50.3 Å². The van der Waals surface area contributed by atoms with Gasteiger partial charge in [-0.3, -0.25) is 4.98 Å². The number of halogens is 1. The van der Waals surface area contributed by atoms with Crippen molar-refractivity contribution in [1.29, 1.82) is 0 Å². The van der Waals surface area contributed by atoms with Gasteiger partial charge in [-0.15, -0.1) is 0 Å². The largest absolute Gasteiger partial charge is 0.421 e. The van der Waals surface area contributed by atoms with E-state index < -0.39 is 0 Å². The highest BCUT2D eigenvalue weighted by molar-refractivity contribution is 9.10. The molecular weight excluding hydrogens is 358 g/mol. The SMILES string of the molecule is Cc1cn2cc(-c3cc4ccc(Br)cc4c(=O)o3)nc2c(C)n1. The van der Waals surface area contributed by atoms with Gasteiger partial charge in [0, 0.05) is 16.9 Å². The zero-order valence-corrected chi connectivity index (χ0v) is 14.1. The van der Waals surface area contributed by atoms with Crippen molar-refractivity contribution in [3.05, 3.63) is 62.9 Å². The summed E-state index contributed by atoms with van der Waals surface area (Å²) in [6.45, 7) is 3.84. The third kappa shape index (κ3) is 2.35. The fourth-order valence-corrected chi connectivity index (χ4v) is 3.07. The van der Waals surface area contributed by atoms with Crippen LogP contribution < -0.4 is 5.63 Å². The average molecular weight is 370 g/mol. The summed E-state index contributed by atoms with van der Waals surface area (Å²) in [4.78, 5) is 21.2. The summed E-state index contributed by atoms with van der Waals surface area (Å²) in [6, 6.07) is 7.37. The lowest BCUT2D eigenvalue weighted by Crippen LogP contribution is -2.00. The highest BCUT2D eigenvalue weighted by Crippen LogP contribution is 2.24. The molecule has 0 unspecified atom stereocenters. The van der Waals surface area contributed by atoms with Gasteiger partial charge in [0.15, 0.2) is 11.4 Å². The topological polar surface area (TPSA) is 60.4 Å². The molecule has 0 N–H and O–H groups in total. The van der Waals surface area contributed by atoms with Crippen molar-refractivity contribution in [2.45, 2.75) is 13.8 Å². The van der Waals surface area contributed by atoms with Gasteiger partial charge >= 0.3 is 5.63 Å². The van der Waals surface area contributed by atoms with Gasteiger partial charge in [-0.1, -0.05) is 22.0 Å². The molecule has 0 spiro atoms. The summed E-state index contributed by atoms with van der Waals surface area (Å²) in [6.07, 6.45) is 3.75. The van der Waals surface area contributed by atoms with E-state index in [1.165, 1.54) is 0 Å². The first kappa shape index (κ1) is 14.1. The van der Waals surface area contributed by atoms with E-state index in [2.05, 4.69) is 25.9 Å². The number of imidazole rings is 1. The minimum Gasteiger partial charge on any atom is -0.421 e. The fourth-order valence-electron chi connectivity index (χ4n) is 2.71. The molecule has 114 valence electrons. The van der Waals surface area contributed by atoms with Gasteiger partial charge in [0.05, 0.1) is 16.8 Å². The molecule has 6 heteroatoms. The normalized spacial score (nSPS) is 11.4. The first-order valence-corrected chi connectivity index (χ1v) is 7.87. The van der Waals surface area contributed by atoms with Gasteiger partial charge in [0.25, 0.3) is 0 Å². The predicted molar refractivity (Wildman–Crippen MR) is 91.6 cm³/mol. The zero-order valence-electron chi connectivity index (χ0n) is 12.5. The number of fused-ring (bicyclic) bond motifs is 2. The van der Waals surface area contributed by atoms with Crippen LogP contribution in [-0.4, -0.2) is 14.4 Å². The summed E-state index contributed by atoms with van der Waals surface area (Å²) < 4.78 is 8.20. The van der Waals surface area contributed by atoms with Gasteiger partial charge in [-0.25, -0.2) is 9.78 Å². The number of hydrogen-bond donors (Lipinski definition) is 0. The molecular formula is C17H12BrN3O2. The average Bonchev–Trinajstić information content (AvgIpc) is 2.92. The molecule has 0 saturated heterocycles. The Morgan fingerprint density at radius 3 is 2.78 bits per heavy atom. The van der Waals surface area contributed by atoms with Crippen molar-refractivity contribution in [1.82, 2.24) is 14.4 Å². The van der Waals surface area contributed by atoms with Crippen LogP contribution >= 0.6 is 15.9 Å². The van der Waals surface area contributed by atoms with E-state index in [-0.39, 0.29) is 5.63 Å². The number of nitrogens with zero attached hydrogens (tertiary/aromatic N) is 3. The molecule has 0 bridgehead atoms. The Kier molecular flexibility index (Phi) is 3.09. The number of benzene rings is 1. The smallest absolute Gasteiger partial charge is 0.344 e. The van der Waals surface area contributed by atoms with E-state index in [9.17, 15) is 4.79 Å². The fraction of sp³-hybridized carbons (Fsp3) is 0.118. The monoisotopic (exact) mass is 369 g/mol. The maximum Gasteiger partial charge on any atom is 0.344 e. The summed E-state index contributed by atoms with van der Waals surface area (Å²) in [7, 11) is 0. The van der Waals surface area contributed by atoms with E-state index in [0.29, 0.717) is 16.8 Å². The molecule has 1 aromatic carbocycles. The molecule has 23 heavy (non-hydrogen) atoms. The van der Waals surface area contributed by atoms with Crippen LogP contribution in [0.25, 0.3) is 27.9 Å². The maximum absolute atomic E-state index is 12.2. The lowest BCUT2D eigenvalue weighted by molar-refractivity contribution is 0.533. The van der Waals surface area contributed by atoms with E-state index in [4.69, 9.17) is 4.42 Å². The summed E-state index contributed by atoms with van der Waals surface area (Å²) in [5.41, 5.74) is 2.74. The minimum absolute atomic E-state index is 0.373. The summed E-state index contributed by atoms with van der Waals surface area (Å²) >= 11 is 3.36. The third-order valence-corrected chi connectivity index (χ3v) is 4.20. The van der Waals surface area contributed by atoms with E-state index in [1.807, 2.05) is 48.8 Å². The molecule has 4 aromatic rings. The molecule has 0 aliphatic rings. The van der Waals surface area contributed by atoms with Gasteiger partial charge in [-0.2, -0.15) is 0 Å². The van der Waals surface area contributed by atoms with E-state index in [1.54, 1.807) is 6.07 Å². The van der Waals surface area contributed by atoms with Crippen LogP contribution in [0.3, 0.4) is 0 Å². The number of aromatic nitrogens is 3. The van der Waals surface area contributed by atoms with E-state index >= 15 is 0 Å². The van der Waals surface area contributed by atoms with Crippen LogP contribution in [0.4, 0.5) is 0 Å². The lowest BCUT2D eigenvalue weighted by atomic mass is 10.1. The number of rotatable bonds is 1. The van der Waals surface area contributed by atoms with Gasteiger partial charge in [0.2, 0.25) is 0 Å². The van der Waals surface area contributed by atoms with Gasteiger partial charge < -0.3 is 8.82 Å². The third-order valence-electron chi connectivity index (χ3n) is 3.70. The van der Waals surface area contributed by atoms with Crippen LogP contribution in [0.1, 0.15) is 11.4 Å². The molecule has 5 nitrogen and oxygen atoms in total. The van der Waals surface area contributed by atoms with Crippen molar-refractivity contribution in [3.8, 4) is 11.5 Å².